The van der Waals surface area contributed by atoms with Crippen molar-refractivity contribution in [3.63, 3.8) is 0 Å². The summed E-state index contributed by atoms with van der Waals surface area (Å²) in [6, 6.07) is 17.9. The minimum atomic E-state index is -0.0317. The number of quaternary nitrogens is 1. The number of anilines is 2. The number of pyridine rings is 1. The summed E-state index contributed by atoms with van der Waals surface area (Å²) < 4.78 is 0. The van der Waals surface area contributed by atoms with Crippen molar-refractivity contribution in [2.75, 3.05) is 36.4 Å². The quantitative estimate of drug-likeness (QED) is 0.658. The highest BCUT2D eigenvalue weighted by atomic mass is 32.1. The molecule has 0 unspecified atom stereocenters. The fraction of sp³-hybridized carbons (Fsp3) is 0.304. The van der Waals surface area contributed by atoms with Crippen LogP contribution in [-0.2, 0) is 13.0 Å². The third-order valence-corrected chi connectivity index (χ3v) is 6.65. The van der Waals surface area contributed by atoms with Crippen LogP contribution in [0.2, 0.25) is 0 Å². The Morgan fingerprint density at radius 2 is 1.90 bits per heavy atom. The number of piperazine rings is 1. The normalized spacial score (nSPS) is 14.7. The van der Waals surface area contributed by atoms with Gasteiger partial charge in [0.05, 0.1) is 6.20 Å². The molecule has 1 aromatic carbocycles. The molecule has 0 spiro atoms. The molecule has 1 fully saturated rings. The molecule has 6 heteroatoms. The summed E-state index contributed by atoms with van der Waals surface area (Å²) in [5, 5.41) is 4.16. The summed E-state index contributed by atoms with van der Waals surface area (Å²) in [4.78, 5) is 21.3. The fourth-order valence-electron chi connectivity index (χ4n) is 3.75. The smallest absolute Gasteiger partial charge is 0.274 e. The summed E-state index contributed by atoms with van der Waals surface area (Å²) in [5.74, 6) is 1.15. The maximum atomic E-state index is 12.6. The number of carbonyl (C=O) groups excluding carboxylic acids is 1. The number of carbonyl (C=O) groups is 1. The van der Waals surface area contributed by atoms with E-state index in [0.29, 0.717) is 5.56 Å². The van der Waals surface area contributed by atoms with E-state index in [0.717, 1.165) is 44.1 Å². The van der Waals surface area contributed by atoms with E-state index in [4.69, 9.17) is 0 Å². The van der Waals surface area contributed by atoms with Gasteiger partial charge in [0, 0.05) is 22.1 Å². The molecule has 4 rings (SSSR count). The second kappa shape index (κ2) is 9.20. The Morgan fingerprint density at radius 1 is 1.14 bits per heavy atom. The second-order valence-electron chi connectivity index (χ2n) is 7.40. The SMILES string of the molecule is CCc1cc(C[NH+]2CCN(c3cccc[nH+]3)CC2)c(NC(=O)c2ccccc2)s1. The Balaban J connectivity index is 1.41. The first kappa shape index (κ1) is 19.6. The standard InChI is InChI=1S/C23H26N4OS/c1-2-20-16-19(23(29-20)25-22(28)18-8-4-3-5-9-18)17-26-12-14-27(15-13-26)21-10-6-7-11-24-21/h3-11,16H,2,12-15,17H2,1H3,(H,25,28)/p+2. The molecule has 3 heterocycles. The van der Waals surface area contributed by atoms with Crippen LogP contribution in [0.15, 0.2) is 60.8 Å². The van der Waals surface area contributed by atoms with Gasteiger partial charge in [-0.1, -0.05) is 31.2 Å². The molecule has 150 valence electrons. The van der Waals surface area contributed by atoms with Gasteiger partial charge in [-0.2, -0.15) is 0 Å². The molecular formula is C23H28N4OS+2. The minimum Gasteiger partial charge on any atom is -0.325 e. The molecule has 1 amide bonds. The number of nitrogens with one attached hydrogen (secondary N) is 3. The molecule has 1 aliphatic rings. The lowest BCUT2D eigenvalue weighted by Gasteiger charge is -2.28. The van der Waals surface area contributed by atoms with E-state index in [1.807, 2.05) is 42.6 Å². The maximum Gasteiger partial charge on any atom is 0.274 e. The van der Waals surface area contributed by atoms with Gasteiger partial charge in [0.25, 0.3) is 11.7 Å². The monoisotopic (exact) mass is 408 g/mol. The molecule has 0 bridgehead atoms. The molecule has 0 saturated carbocycles. The molecule has 3 aromatic rings. The number of aryl methyl sites for hydroxylation is 1. The number of hydrogen-bond donors (Lipinski definition) is 2. The van der Waals surface area contributed by atoms with Gasteiger partial charge < -0.3 is 10.2 Å². The zero-order chi connectivity index (χ0) is 20.1. The van der Waals surface area contributed by atoms with Crippen LogP contribution in [0.3, 0.4) is 0 Å². The van der Waals surface area contributed by atoms with Crippen molar-refractivity contribution in [1.82, 2.24) is 0 Å². The van der Waals surface area contributed by atoms with Crippen molar-refractivity contribution in [3.8, 4) is 0 Å². The van der Waals surface area contributed by atoms with Crippen LogP contribution in [0.4, 0.5) is 10.8 Å². The lowest BCUT2D eigenvalue weighted by Crippen LogP contribution is -3.13. The number of rotatable bonds is 6. The predicted molar refractivity (Wildman–Crippen MR) is 118 cm³/mol. The van der Waals surface area contributed by atoms with E-state index < -0.39 is 0 Å². The predicted octanol–water partition coefficient (Wildman–Crippen LogP) is 2.28. The molecular weight excluding hydrogens is 380 g/mol. The zero-order valence-corrected chi connectivity index (χ0v) is 17.6. The van der Waals surface area contributed by atoms with Crippen LogP contribution in [0.1, 0.15) is 27.7 Å². The van der Waals surface area contributed by atoms with Crippen LogP contribution >= 0.6 is 11.3 Å². The first-order valence-electron chi connectivity index (χ1n) is 10.3. The number of aromatic nitrogens is 1. The van der Waals surface area contributed by atoms with E-state index in [9.17, 15) is 4.79 Å². The molecule has 5 nitrogen and oxygen atoms in total. The summed E-state index contributed by atoms with van der Waals surface area (Å²) in [5.41, 5.74) is 1.95. The topological polar surface area (TPSA) is 50.9 Å². The Labute approximate surface area is 176 Å². The van der Waals surface area contributed by atoms with Crippen LogP contribution < -0.4 is 20.1 Å². The van der Waals surface area contributed by atoms with E-state index >= 15 is 0 Å². The zero-order valence-electron chi connectivity index (χ0n) is 16.8. The lowest BCUT2D eigenvalue weighted by molar-refractivity contribution is -0.914. The van der Waals surface area contributed by atoms with Crippen molar-refractivity contribution >= 4 is 28.1 Å². The minimum absolute atomic E-state index is 0.0317. The van der Waals surface area contributed by atoms with Gasteiger partial charge in [-0.25, -0.2) is 4.98 Å². The Hall–Kier alpha value is -2.70. The highest BCUT2D eigenvalue weighted by Crippen LogP contribution is 2.28. The van der Waals surface area contributed by atoms with E-state index in [1.165, 1.54) is 16.3 Å². The van der Waals surface area contributed by atoms with E-state index in [-0.39, 0.29) is 5.91 Å². The van der Waals surface area contributed by atoms with Crippen molar-refractivity contribution < 1.29 is 14.7 Å². The second-order valence-corrected chi connectivity index (χ2v) is 8.54. The maximum absolute atomic E-state index is 12.6. The molecule has 1 saturated heterocycles. The molecule has 0 radical (unpaired) electrons. The van der Waals surface area contributed by atoms with Crippen molar-refractivity contribution in [1.29, 1.82) is 0 Å². The van der Waals surface area contributed by atoms with Crippen LogP contribution in [0.5, 0.6) is 0 Å². The van der Waals surface area contributed by atoms with Gasteiger partial charge >= 0.3 is 0 Å². The summed E-state index contributed by atoms with van der Waals surface area (Å²) in [6.45, 7) is 7.37. The largest absolute Gasteiger partial charge is 0.325 e. The Morgan fingerprint density at radius 3 is 2.59 bits per heavy atom. The van der Waals surface area contributed by atoms with Gasteiger partial charge in [0.1, 0.15) is 37.7 Å². The number of nitrogens with zero attached hydrogens (tertiary/aromatic N) is 1. The highest BCUT2D eigenvalue weighted by molar-refractivity contribution is 7.16. The number of amides is 1. The lowest BCUT2D eigenvalue weighted by atomic mass is 10.2. The Kier molecular flexibility index (Phi) is 6.22. The average molecular weight is 409 g/mol. The first-order valence-corrected chi connectivity index (χ1v) is 11.1. The van der Waals surface area contributed by atoms with Gasteiger partial charge in [-0.05, 0) is 30.7 Å². The highest BCUT2D eigenvalue weighted by Gasteiger charge is 2.27. The van der Waals surface area contributed by atoms with Crippen LogP contribution in [0.25, 0.3) is 0 Å². The Bertz CT molecular complexity index is 934. The summed E-state index contributed by atoms with van der Waals surface area (Å²) >= 11 is 1.71. The van der Waals surface area contributed by atoms with Gasteiger partial charge in [0.15, 0.2) is 0 Å². The number of aromatic amines is 1. The summed E-state index contributed by atoms with van der Waals surface area (Å²) in [6.07, 6.45) is 2.97. The summed E-state index contributed by atoms with van der Waals surface area (Å²) in [7, 11) is 0. The average Bonchev–Trinajstić information content (AvgIpc) is 3.17. The third-order valence-electron chi connectivity index (χ3n) is 5.42. The molecule has 29 heavy (non-hydrogen) atoms. The molecule has 0 aliphatic carbocycles. The van der Waals surface area contributed by atoms with Crippen LogP contribution in [-0.4, -0.2) is 32.1 Å². The third kappa shape index (κ3) is 4.83. The van der Waals surface area contributed by atoms with Crippen LogP contribution in [0, 0.1) is 0 Å². The molecule has 3 N–H and O–H groups in total. The van der Waals surface area contributed by atoms with E-state index in [1.54, 1.807) is 16.2 Å². The number of thiophene rings is 1. The van der Waals surface area contributed by atoms with Gasteiger partial charge in [-0.15, -0.1) is 11.3 Å². The number of benzene rings is 1. The number of H-pyrrole nitrogens is 1. The van der Waals surface area contributed by atoms with Gasteiger partial charge in [-0.3, -0.25) is 9.69 Å². The molecule has 2 aromatic heterocycles. The number of hydrogen-bond acceptors (Lipinski definition) is 3. The van der Waals surface area contributed by atoms with Gasteiger partial charge in [0.2, 0.25) is 0 Å². The van der Waals surface area contributed by atoms with Crippen molar-refractivity contribution in [2.45, 2.75) is 19.9 Å². The molecule has 0 atom stereocenters. The first-order chi connectivity index (χ1) is 14.2. The van der Waals surface area contributed by atoms with Crippen molar-refractivity contribution in [2.24, 2.45) is 0 Å². The fourth-order valence-corrected chi connectivity index (χ4v) is 4.77. The van der Waals surface area contributed by atoms with E-state index in [2.05, 4.69) is 40.3 Å². The van der Waals surface area contributed by atoms with Crippen molar-refractivity contribution in [3.05, 3.63) is 76.8 Å². The molecule has 1 aliphatic heterocycles.